The third-order valence-corrected chi connectivity index (χ3v) is 5.61. The number of benzene rings is 2. The lowest BCUT2D eigenvalue weighted by molar-refractivity contribution is -0.131. The van der Waals surface area contributed by atoms with Crippen LogP contribution in [0.2, 0.25) is 0 Å². The highest BCUT2D eigenvalue weighted by Gasteiger charge is 2.30. The number of hydrogen-bond acceptors (Lipinski definition) is 3. The smallest absolute Gasteiger partial charge is 0.223 e. The molecule has 3 nitrogen and oxygen atoms in total. The summed E-state index contributed by atoms with van der Waals surface area (Å²) in [6.07, 6.45) is 2.67. The highest BCUT2D eigenvalue weighted by atomic mass is 32.2. The maximum absolute atomic E-state index is 12.5. The minimum atomic E-state index is 0.115. The summed E-state index contributed by atoms with van der Waals surface area (Å²) in [4.78, 5) is 14.5. The first-order valence-corrected chi connectivity index (χ1v) is 10.0. The molecule has 1 aliphatic rings. The Morgan fingerprint density at radius 2 is 2.04 bits per heavy atom. The second kappa shape index (κ2) is 8.95. The molecule has 4 heteroatoms. The van der Waals surface area contributed by atoms with Crippen molar-refractivity contribution in [1.82, 2.24) is 4.90 Å². The molecule has 132 valence electrons. The molecule has 2 aromatic rings. The van der Waals surface area contributed by atoms with Crippen molar-refractivity contribution in [2.45, 2.75) is 38.2 Å². The van der Waals surface area contributed by atoms with Gasteiger partial charge >= 0.3 is 0 Å². The number of thioether (sulfide) groups is 1. The maximum Gasteiger partial charge on any atom is 0.223 e. The van der Waals surface area contributed by atoms with Gasteiger partial charge in [0.15, 0.2) is 0 Å². The molecule has 1 fully saturated rings. The lowest BCUT2D eigenvalue weighted by Gasteiger charge is -2.24. The predicted molar refractivity (Wildman–Crippen MR) is 104 cm³/mol. The van der Waals surface area contributed by atoms with Crippen molar-refractivity contribution in [3.8, 4) is 5.75 Å². The Morgan fingerprint density at radius 3 is 2.84 bits per heavy atom. The van der Waals surface area contributed by atoms with Crippen LogP contribution in [0.5, 0.6) is 5.75 Å². The van der Waals surface area contributed by atoms with Gasteiger partial charge in [-0.15, -0.1) is 11.8 Å². The molecule has 1 aliphatic heterocycles. The molecule has 1 saturated heterocycles. The van der Waals surface area contributed by atoms with Crippen molar-refractivity contribution in [1.29, 1.82) is 0 Å². The number of carbonyl (C=O) groups is 1. The second-order valence-electron chi connectivity index (χ2n) is 6.26. The van der Waals surface area contributed by atoms with Gasteiger partial charge in [-0.05, 0) is 29.7 Å². The van der Waals surface area contributed by atoms with Gasteiger partial charge in [-0.3, -0.25) is 4.79 Å². The fourth-order valence-corrected chi connectivity index (χ4v) is 4.24. The van der Waals surface area contributed by atoms with Crippen LogP contribution in [0, 0.1) is 0 Å². The Balaban J connectivity index is 1.66. The molecule has 1 amide bonds. The van der Waals surface area contributed by atoms with Gasteiger partial charge in [-0.2, -0.15) is 0 Å². The van der Waals surface area contributed by atoms with Crippen LogP contribution in [0.25, 0.3) is 0 Å². The second-order valence-corrected chi connectivity index (χ2v) is 7.45. The molecule has 0 saturated carbocycles. The van der Waals surface area contributed by atoms with E-state index < -0.39 is 0 Å². The Kier molecular flexibility index (Phi) is 6.40. The summed E-state index contributed by atoms with van der Waals surface area (Å²) in [5.74, 6) is 2.12. The molecule has 1 heterocycles. The fourth-order valence-electron chi connectivity index (χ4n) is 2.97. The Bertz CT molecular complexity index is 689. The van der Waals surface area contributed by atoms with E-state index in [9.17, 15) is 4.79 Å². The molecular formula is C21H25NO2S. The molecule has 25 heavy (non-hydrogen) atoms. The summed E-state index contributed by atoms with van der Waals surface area (Å²) in [6, 6.07) is 18.3. The van der Waals surface area contributed by atoms with Crippen molar-refractivity contribution in [3.63, 3.8) is 0 Å². The number of amides is 1. The van der Waals surface area contributed by atoms with Crippen molar-refractivity contribution >= 4 is 17.7 Å². The summed E-state index contributed by atoms with van der Waals surface area (Å²) < 4.78 is 5.94. The van der Waals surface area contributed by atoms with E-state index in [1.807, 2.05) is 47.0 Å². The van der Waals surface area contributed by atoms with Gasteiger partial charge in [0.05, 0.1) is 0 Å². The number of rotatable bonds is 7. The predicted octanol–water partition coefficient (Wildman–Crippen LogP) is 5.03. The molecule has 2 aromatic carbocycles. The fraction of sp³-hybridized carbons (Fsp3) is 0.381. The number of unbranched alkanes of at least 4 members (excludes halogenated alkanes) is 1. The van der Waals surface area contributed by atoms with E-state index in [0.29, 0.717) is 13.0 Å². The van der Waals surface area contributed by atoms with Crippen LogP contribution < -0.4 is 4.74 Å². The third kappa shape index (κ3) is 4.79. The summed E-state index contributed by atoms with van der Waals surface area (Å²) in [7, 11) is 0. The van der Waals surface area contributed by atoms with Gasteiger partial charge in [-0.1, -0.05) is 55.8 Å². The van der Waals surface area contributed by atoms with Crippen LogP contribution in [0.3, 0.4) is 0 Å². The SMILES string of the molecule is CCCCC(=O)N1CCS[C@@H]1c1cccc(OCc2ccccc2)c1. The largest absolute Gasteiger partial charge is 0.489 e. The number of ether oxygens (including phenoxy) is 1. The van der Waals surface area contributed by atoms with Crippen LogP contribution in [0.1, 0.15) is 42.7 Å². The zero-order chi connectivity index (χ0) is 17.5. The summed E-state index contributed by atoms with van der Waals surface area (Å²) >= 11 is 1.84. The molecular weight excluding hydrogens is 330 g/mol. The minimum absolute atomic E-state index is 0.115. The van der Waals surface area contributed by atoms with Crippen molar-refractivity contribution in [3.05, 3.63) is 65.7 Å². The molecule has 0 radical (unpaired) electrons. The van der Waals surface area contributed by atoms with Gasteiger partial charge in [0.1, 0.15) is 17.7 Å². The zero-order valence-electron chi connectivity index (χ0n) is 14.7. The quantitative estimate of drug-likeness (QED) is 0.698. The van der Waals surface area contributed by atoms with Gasteiger partial charge < -0.3 is 9.64 Å². The van der Waals surface area contributed by atoms with E-state index in [1.165, 1.54) is 0 Å². The molecule has 0 aliphatic carbocycles. The highest BCUT2D eigenvalue weighted by molar-refractivity contribution is 7.99. The van der Waals surface area contributed by atoms with E-state index in [-0.39, 0.29) is 11.3 Å². The van der Waals surface area contributed by atoms with E-state index in [1.54, 1.807) is 0 Å². The summed E-state index contributed by atoms with van der Waals surface area (Å²) in [5, 5.41) is 0.115. The van der Waals surface area contributed by atoms with Crippen molar-refractivity contribution in [2.24, 2.45) is 0 Å². The van der Waals surface area contributed by atoms with Crippen LogP contribution in [0.4, 0.5) is 0 Å². The molecule has 3 rings (SSSR count). The summed E-state index contributed by atoms with van der Waals surface area (Å²) in [5.41, 5.74) is 2.30. The lowest BCUT2D eigenvalue weighted by atomic mass is 10.1. The Hall–Kier alpha value is -1.94. The molecule has 0 bridgehead atoms. The van der Waals surface area contributed by atoms with Crippen LogP contribution >= 0.6 is 11.8 Å². The first-order chi connectivity index (χ1) is 12.3. The highest BCUT2D eigenvalue weighted by Crippen LogP contribution is 2.39. The van der Waals surface area contributed by atoms with Crippen molar-refractivity contribution in [2.75, 3.05) is 12.3 Å². The molecule has 0 unspecified atom stereocenters. The molecule has 0 aromatic heterocycles. The first kappa shape index (κ1) is 17.9. The number of nitrogens with zero attached hydrogens (tertiary/aromatic N) is 1. The normalized spacial score (nSPS) is 16.8. The van der Waals surface area contributed by atoms with E-state index in [2.05, 4.69) is 31.2 Å². The molecule has 1 atom stereocenters. The van der Waals surface area contributed by atoms with Gasteiger partial charge in [-0.25, -0.2) is 0 Å². The van der Waals surface area contributed by atoms with E-state index >= 15 is 0 Å². The molecule has 0 N–H and O–H groups in total. The van der Waals surface area contributed by atoms with E-state index in [0.717, 1.165) is 42.0 Å². The Morgan fingerprint density at radius 1 is 1.20 bits per heavy atom. The molecule has 0 spiro atoms. The van der Waals surface area contributed by atoms with Crippen LogP contribution in [-0.2, 0) is 11.4 Å². The minimum Gasteiger partial charge on any atom is -0.489 e. The monoisotopic (exact) mass is 355 g/mol. The number of hydrogen-bond donors (Lipinski definition) is 0. The van der Waals surface area contributed by atoms with Crippen LogP contribution in [0.15, 0.2) is 54.6 Å². The van der Waals surface area contributed by atoms with Gasteiger partial charge in [0.2, 0.25) is 5.91 Å². The standard InChI is InChI=1S/C21H25NO2S/c1-2-3-12-20(23)22-13-14-25-21(22)18-10-7-11-19(15-18)24-16-17-8-5-4-6-9-17/h4-11,15,21H,2-3,12-14,16H2,1H3/t21-/m1/s1. The summed E-state index contributed by atoms with van der Waals surface area (Å²) in [6.45, 7) is 3.52. The average molecular weight is 356 g/mol. The number of carbonyl (C=O) groups excluding carboxylic acids is 1. The average Bonchev–Trinajstić information content (AvgIpc) is 3.15. The first-order valence-electron chi connectivity index (χ1n) is 8.95. The topological polar surface area (TPSA) is 29.5 Å². The Labute approximate surface area is 154 Å². The zero-order valence-corrected chi connectivity index (χ0v) is 15.5. The van der Waals surface area contributed by atoms with E-state index in [4.69, 9.17) is 4.74 Å². The van der Waals surface area contributed by atoms with Crippen LogP contribution in [-0.4, -0.2) is 23.1 Å². The lowest BCUT2D eigenvalue weighted by Crippen LogP contribution is -2.30. The van der Waals surface area contributed by atoms with Gasteiger partial charge in [0.25, 0.3) is 0 Å². The van der Waals surface area contributed by atoms with Gasteiger partial charge in [0, 0.05) is 18.7 Å². The third-order valence-electron chi connectivity index (χ3n) is 4.35. The maximum atomic E-state index is 12.5. The van der Waals surface area contributed by atoms with Crippen molar-refractivity contribution < 1.29 is 9.53 Å².